The van der Waals surface area contributed by atoms with Crippen LogP contribution in [0, 0.1) is 13.8 Å². The Morgan fingerprint density at radius 3 is 2.57 bits per heavy atom. The number of carboxylic acids is 1. The number of aromatic nitrogens is 2. The molecule has 0 saturated carbocycles. The Morgan fingerprint density at radius 1 is 1.43 bits per heavy atom. The van der Waals surface area contributed by atoms with E-state index in [4.69, 9.17) is 5.11 Å². The first kappa shape index (κ1) is 17.6. The number of aliphatic hydroxyl groups is 1. The second kappa shape index (κ2) is 7.01. The SMILES string of the molecule is CCC(O)CNS(=O)(=O)c1c(C)nn(CCC(=O)O)c1C. The van der Waals surface area contributed by atoms with Crippen LogP contribution in [0.1, 0.15) is 31.2 Å². The predicted octanol–water partition coefficient (Wildman–Crippen LogP) is 0.0238. The van der Waals surface area contributed by atoms with Crippen LogP contribution in [-0.4, -0.2) is 47.0 Å². The van der Waals surface area contributed by atoms with Crippen LogP contribution >= 0.6 is 0 Å². The maximum Gasteiger partial charge on any atom is 0.305 e. The average Bonchev–Trinajstić information content (AvgIpc) is 2.68. The molecule has 0 aliphatic rings. The summed E-state index contributed by atoms with van der Waals surface area (Å²) in [6.07, 6.45) is -0.440. The third-order valence-electron chi connectivity index (χ3n) is 3.10. The Kier molecular flexibility index (Phi) is 5.87. The lowest BCUT2D eigenvalue weighted by atomic mass is 10.3. The molecule has 0 aromatic carbocycles. The molecule has 3 N–H and O–H groups in total. The summed E-state index contributed by atoms with van der Waals surface area (Å²) in [5.74, 6) is -0.976. The van der Waals surface area contributed by atoms with Crippen molar-refractivity contribution in [3.8, 4) is 0 Å². The molecule has 1 rings (SSSR count). The van der Waals surface area contributed by atoms with Gasteiger partial charge < -0.3 is 10.2 Å². The second-order valence-corrected chi connectivity index (χ2v) is 6.48. The third-order valence-corrected chi connectivity index (χ3v) is 4.78. The summed E-state index contributed by atoms with van der Waals surface area (Å²) >= 11 is 0. The highest BCUT2D eigenvalue weighted by Gasteiger charge is 2.25. The van der Waals surface area contributed by atoms with E-state index in [1.165, 1.54) is 4.68 Å². The second-order valence-electron chi connectivity index (χ2n) is 4.78. The molecular formula is C12H21N3O5S. The van der Waals surface area contributed by atoms with Crippen LogP contribution < -0.4 is 4.72 Å². The number of nitrogens with one attached hydrogen (secondary N) is 1. The van der Waals surface area contributed by atoms with Gasteiger partial charge in [0.1, 0.15) is 4.90 Å². The summed E-state index contributed by atoms with van der Waals surface area (Å²) in [6.45, 7) is 4.91. The largest absolute Gasteiger partial charge is 0.481 e. The van der Waals surface area contributed by atoms with E-state index in [9.17, 15) is 18.3 Å². The van der Waals surface area contributed by atoms with Gasteiger partial charge in [0.25, 0.3) is 0 Å². The molecule has 0 aliphatic carbocycles. The normalized spacial score (nSPS) is 13.3. The minimum Gasteiger partial charge on any atom is -0.481 e. The fourth-order valence-corrected chi connectivity index (χ4v) is 3.39. The first-order chi connectivity index (χ1) is 9.69. The molecule has 0 amide bonds. The fourth-order valence-electron chi connectivity index (χ4n) is 1.91. The molecule has 1 aromatic rings. The fraction of sp³-hybridized carbons (Fsp3) is 0.667. The number of aliphatic hydroxyl groups excluding tert-OH is 1. The number of rotatable bonds is 8. The Balaban J connectivity index is 2.99. The Morgan fingerprint density at radius 2 is 2.05 bits per heavy atom. The highest BCUT2D eigenvalue weighted by atomic mass is 32.2. The third kappa shape index (κ3) is 4.51. The van der Waals surface area contributed by atoms with Crippen molar-refractivity contribution in [2.45, 2.75) is 51.2 Å². The van der Waals surface area contributed by atoms with Gasteiger partial charge in [-0.2, -0.15) is 5.10 Å². The van der Waals surface area contributed by atoms with Crippen LogP contribution in [0.15, 0.2) is 4.90 Å². The van der Waals surface area contributed by atoms with E-state index in [-0.39, 0.29) is 24.4 Å². The van der Waals surface area contributed by atoms with E-state index in [1.807, 2.05) is 0 Å². The Hall–Kier alpha value is -1.45. The van der Waals surface area contributed by atoms with E-state index in [1.54, 1.807) is 20.8 Å². The highest BCUT2D eigenvalue weighted by molar-refractivity contribution is 7.89. The van der Waals surface area contributed by atoms with Gasteiger partial charge in [-0.05, 0) is 20.3 Å². The van der Waals surface area contributed by atoms with Gasteiger partial charge in [-0.1, -0.05) is 6.92 Å². The lowest BCUT2D eigenvalue weighted by molar-refractivity contribution is -0.137. The van der Waals surface area contributed by atoms with Crippen LogP contribution in [0.4, 0.5) is 0 Å². The van der Waals surface area contributed by atoms with Crippen molar-refractivity contribution in [1.29, 1.82) is 0 Å². The van der Waals surface area contributed by atoms with Gasteiger partial charge in [0.05, 0.1) is 30.5 Å². The molecule has 0 spiro atoms. The summed E-state index contributed by atoms with van der Waals surface area (Å²) in [5.41, 5.74) is 0.684. The number of carboxylic acid groups (broad SMARTS) is 1. The molecule has 0 radical (unpaired) electrons. The molecule has 8 nitrogen and oxygen atoms in total. The minimum atomic E-state index is -3.79. The van der Waals surface area contributed by atoms with Crippen molar-refractivity contribution in [2.24, 2.45) is 0 Å². The lowest BCUT2D eigenvalue weighted by Crippen LogP contribution is -2.32. The molecule has 1 aromatic heterocycles. The van der Waals surface area contributed by atoms with Crippen molar-refractivity contribution >= 4 is 16.0 Å². The molecule has 1 unspecified atom stereocenters. The maximum atomic E-state index is 12.3. The van der Waals surface area contributed by atoms with E-state index in [0.29, 0.717) is 17.8 Å². The molecule has 21 heavy (non-hydrogen) atoms. The number of aryl methyl sites for hydroxylation is 2. The lowest BCUT2D eigenvalue weighted by Gasteiger charge is -2.10. The zero-order valence-corrected chi connectivity index (χ0v) is 13.1. The van der Waals surface area contributed by atoms with Crippen molar-refractivity contribution in [1.82, 2.24) is 14.5 Å². The molecule has 0 aliphatic heterocycles. The van der Waals surface area contributed by atoms with E-state index < -0.39 is 22.1 Å². The first-order valence-electron chi connectivity index (χ1n) is 6.62. The van der Waals surface area contributed by atoms with Gasteiger partial charge in [0.15, 0.2) is 0 Å². The van der Waals surface area contributed by atoms with Crippen LogP contribution in [-0.2, 0) is 21.4 Å². The van der Waals surface area contributed by atoms with Crippen LogP contribution in [0.3, 0.4) is 0 Å². The van der Waals surface area contributed by atoms with Crippen molar-refractivity contribution in [3.05, 3.63) is 11.4 Å². The van der Waals surface area contributed by atoms with Crippen molar-refractivity contribution in [2.75, 3.05) is 6.54 Å². The molecule has 0 fully saturated rings. The number of nitrogens with zero attached hydrogens (tertiary/aromatic N) is 2. The zero-order valence-electron chi connectivity index (χ0n) is 12.3. The summed E-state index contributed by atoms with van der Waals surface area (Å²) in [4.78, 5) is 10.6. The Labute approximate surface area is 123 Å². The predicted molar refractivity (Wildman–Crippen MR) is 75.4 cm³/mol. The number of sulfonamides is 1. The number of hydrogen-bond acceptors (Lipinski definition) is 5. The zero-order chi connectivity index (χ0) is 16.2. The summed E-state index contributed by atoms with van der Waals surface area (Å²) in [6, 6.07) is 0. The van der Waals surface area contributed by atoms with Crippen molar-refractivity contribution in [3.63, 3.8) is 0 Å². The molecule has 0 bridgehead atoms. The number of hydrogen-bond donors (Lipinski definition) is 3. The van der Waals surface area contributed by atoms with Gasteiger partial charge in [-0.15, -0.1) is 0 Å². The van der Waals surface area contributed by atoms with Crippen molar-refractivity contribution < 1.29 is 23.4 Å². The molecule has 1 atom stereocenters. The van der Waals surface area contributed by atoms with Gasteiger partial charge in [-0.3, -0.25) is 9.48 Å². The van der Waals surface area contributed by atoms with E-state index >= 15 is 0 Å². The standard InChI is InChI=1S/C12H21N3O5S/c1-4-10(16)7-13-21(19,20)12-8(2)14-15(9(12)3)6-5-11(17)18/h10,13,16H,4-7H2,1-3H3,(H,17,18). The summed E-state index contributed by atoms with van der Waals surface area (Å²) in [7, 11) is -3.79. The first-order valence-corrected chi connectivity index (χ1v) is 8.10. The summed E-state index contributed by atoms with van der Waals surface area (Å²) < 4.78 is 28.2. The number of carbonyl (C=O) groups is 1. The number of aliphatic carboxylic acids is 1. The van der Waals surface area contributed by atoms with E-state index in [0.717, 1.165) is 0 Å². The smallest absolute Gasteiger partial charge is 0.305 e. The van der Waals surface area contributed by atoms with Gasteiger partial charge >= 0.3 is 5.97 Å². The maximum absolute atomic E-state index is 12.3. The quantitative estimate of drug-likeness (QED) is 0.621. The monoisotopic (exact) mass is 319 g/mol. The van der Waals surface area contributed by atoms with E-state index in [2.05, 4.69) is 9.82 Å². The average molecular weight is 319 g/mol. The topological polar surface area (TPSA) is 122 Å². The Bertz CT molecular complexity index is 609. The van der Waals surface area contributed by atoms with Crippen LogP contribution in [0.5, 0.6) is 0 Å². The summed E-state index contributed by atoms with van der Waals surface area (Å²) in [5, 5.41) is 22.2. The van der Waals surface area contributed by atoms with Crippen LogP contribution in [0.25, 0.3) is 0 Å². The highest BCUT2D eigenvalue weighted by Crippen LogP contribution is 2.19. The van der Waals surface area contributed by atoms with Gasteiger partial charge in [-0.25, -0.2) is 13.1 Å². The van der Waals surface area contributed by atoms with Crippen LogP contribution in [0.2, 0.25) is 0 Å². The van der Waals surface area contributed by atoms with Gasteiger partial charge in [0, 0.05) is 6.54 Å². The molecule has 9 heteroatoms. The minimum absolute atomic E-state index is 0.0381. The molecule has 120 valence electrons. The molecule has 1 heterocycles. The van der Waals surface area contributed by atoms with Gasteiger partial charge in [0.2, 0.25) is 10.0 Å². The molecule has 0 saturated heterocycles. The molecular weight excluding hydrogens is 298 g/mol.